The van der Waals surface area contributed by atoms with Gasteiger partial charge in [-0.05, 0) is 24.1 Å². The summed E-state index contributed by atoms with van der Waals surface area (Å²) in [6.45, 7) is 2.05. The number of aromatic nitrogens is 4. The van der Waals surface area contributed by atoms with Crippen LogP contribution in [0.25, 0.3) is 17.2 Å². The van der Waals surface area contributed by atoms with E-state index in [4.69, 9.17) is 18.7 Å². The van der Waals surface area contributed by atoms with Crippen LogP contribution in [0.15, 0.2) is 79.4 Å². The van der Waals surface area contributed by atoms with Gasteiger partial charge in [0.2, 0.25) is 0 Å². The Morgan fingerprint density at radius 2 is 1.79 bits per heavy atom. The second-order valence-corrected chi connectivity index (χ2v) is 11.9. The molecule has 2 aromatic carbocycles. The maximum absolute atomic E-state index is 12.9. The molecule has 2 aromatic heterocycles. The van der Waals surface area contributed by atoms with Crippen LogP contribution in [-0.2, 0) is 29.5 Å². The number of anilines is 1. The predicted molar refractivity (Wildman–Crippen MR) is 157 cm³/mol. The summed E-state index contributed by atoms with van der Waals surface area (Å²) in [6.07, 6.45) is 2.94. The lowest BCUT2D eigenvalue weighted by Gasteiger charge is -2.21. The Hall–Kier alpha value is -3.97. The molecule has 6 atom stereocenters. The van der Waals surface area contributed by atoms with Gasteiger partial charge in [0, 0.05) is 6.54 Å². The summed E-state index contributed by atoms with van der Waals surface area (Å²) >= 11 is 0. The molecule has 2 saturated heterocycles. The first-order chi connectivity index (χ1) is 20.9. The van der Waals surface area contributed by atoms with Crippen molar-refractivity contribution < 1.29 is 33.0 Å². The van der Waals surface area contributed by atoms with Gasteiger partial charge in [-0.2, -0.15) is 0 Å². The monoisotopic (exact) mass is 606 g/mol. The van der Waals surface area contributed by atoms with Crippen molar-refractivity contribution in [2.45, 2.75) is 43.9 Å². The van der Waals surface area contributed by atoms with Crippen molar-refractivity contribution >= 4 is 36.7 Å². The number of rotatable bonds is 10. The first kappa shape index (κ1) is 29.1. The number of fused-ring (bicyclic) bond motifs is 2. The van der Waals surface area contributed by atoms with E-state index in [1.807, 2.05) is 42.5 Å². The predicted octanol–water partition coefficient (Wildman–Crippen LogP) is 4.09. The van der Waals surface area contributed by atoms with Crippen molar-refractivity contribution in [3.05, 3.63) is 90.5 Å². The highest BCUT2D eigenvalue weighted by Gasteiger charge is 2.53. The van der Waals surface area contributed by atoms with Crippen LogP contribution >= 0.6 is 7.60 Å². The Bertz CT molecular complexity index is 1640. The first-order valence-corrected chi connectivity index (χ1v) is 15.6. The Morgan fingerprint density at radius 3 is 2.56 bits per heavy atom. The molecule has 224 valence electrons. The molecule has 0 spiro atoms. The molecule has 0 saturated carbocycles. The molecule has 6 rings (SSSR count). The minimum atomic E-state index is -3.99. The molecule has 2 aliphatic heterocycles. The van der Waals surface area contributed by atoms with E-state index in [1.165, 1.54) is 12.7 Å². The van der Waals surface area contributed by atoms with Crippen LogP contribution in [0.1, 0.15) is 24.3 Å². The van der Waals surface area contributed by atoms with Crippen molar-refractivity contribution in [3.63, 3.8) is 0 Å². The van der Waals surface area contributed by atoms with Gasteiger partial charge in [0.1, 0.15) is 24.6 Å². The van der Waals surface area contributed by atoms with Crippen molar-refractivity contribution in [2.75, 3.05) is 18.5 Å². The third-order valence-electron chi connectivity index (χ3n) is 6.98. The number of benzene rings is 2. The number of urea groups is 1. The number of hydrogen-bond donors (Lipinski definition) is 3. The molecule has 0 aliphatic carbocycles. The fourth-order valence-corrected chi connectivity index (χ4v) is 6.20. The number of ether oxygens (including phenoxy) is 3. The highest BCUT2D eigenvalue weighted by atomic mass is 31.2. The second-order valence-electron chi connectivity index (χ2n) is 10.0. The van der Waals surface area contributed by atoms with Gasteiger partial charge in [0.25, 0.3) is 0 Å². The van der Waals surface area contributed by atoms with Gasteiger partial charge < -0.3 is 28.9 Å². The van der Waals surface area contributed by atoms with Crippen LogP contribution in [0.4, 0.5) is 10.6 Å². The zero-order chi connectivity index (χ0) is 29.8. The Balaban J connectivity index is 1.24. The summed E-state index contributed by atoms with van der Waals surface area (Å²) in [6, 6.07) is 18.3. The molecule has 13 nitrogen and oxygen atoms in total. The van der Waals surface area contributed by atoms with Crippen LogP contribution in [0, 0.1) is 0 Å². The minimum absolute atomic E-state index is 0.137. The molecule has 3 N–H and O–H groups in total. The summed E-state index contributed by atoms with van der Waals surface area (Å²) in [5, 5.41) is 5.34. The third-order valence-corrected chi connectivity index (χ3v) is 8.30. The van der Waals surface area contributed by atoms with E-state index in [1.54, 1.807) is 41.8 Å². The fourth-order valence-electron chi connectivity index (χ4n) is 5.05. The van der Waals surface area contributed by atoms with Gasteiger partial charge in [-0.15, -0.1) is 0 Å². The van der Waals surface area contributed by atoms with Gasteiger partial charge in [-0.3, -0.25) is 14.4 Å². The summed E-state index contributed by atoms with van der Waals surface area (Å²) in [5.74, 6) is 0.235. The summed E-state index contributed by atoms with van der Waals surface area (Å²) in [4.78, 5) is 35.7. The molecule has 4 heterocycles. The molecule has 2 amide bonds. The maximum Gasteiger partial charge on any atom is 0.332 e. The number of hydrogen-bond acceptors (Lipinski definition) is 9. The molecule has 0 radical (unpaired) electrons. The van der Waals surface area contributed by atoms with Crippen LogP contribution in [0.2, 0.25) is 0 Å². The average molecular weight is 607 g/mol. The summed E-state index contributed by atoms with van der Waals surface area (Å²) < 4.78 is 39.0. The molecule has 43 heavy (non-hydrogen) atoms. The second kappa shape index (κ2) is 12.7. The molecular formula is C29H31N6O7P. The number of nitrogens with zero attached hydrogens (tertiary/aromatic N) is 4. The first-order valence-electron chi connectivity index (χ1n) is 13.8. The molecule has 14 heteroatoms. The summed E-state index contributed by atoms with van der Waals surface area (Å²) in [7, 11) is -3.99. The quantitative estimate of drug-likeness (QED) is 0.225. The van der Waals surface area contributed by atoms with Gasteiger partial charge in [0.05, 0.1) is 19.1 Å². The Morgan fingerprint density at radius 1 is 1.05 bits per heavy atom. The third kappa shape index (κ3) is 6.67. The molecule has 4 aromatic rings. The van der Waals surface area contributed by atoms with Crippen molar-refractivity contribution in [1.29, 1.82) is 0 Å². The molecule has 2 aliphatic rings. The zero-order valence-corrected chi connectivity index (χ0v) is 24.1. The molecule has 3 unspecified atom stereocenters. The van der Waals surface area contributed by atoms with Crippen molar-refractivity contribution in [3.8, 4) is 0 Å². The van der Waals surface area contributed by atoms with Gasteiger partial charge in [-0.1, -0.05) is 66.7 Å². The standard InChI is InChI=1S/C29H31N6O7P/c1-2-30-29(36)34-26-23-27(32-17-31-26)35(18-33-23)28-25-24(41-22(42-25)14-13-19-9-5-3-6-10-19)21(40-28)15-39-43(37,38)16-20-11-7-4-8-12-20/h3-14,17-18,21-22,24-25,28H,2,15-16H2,1H3,(H,37,38)(H2,30,31,32,34,36)/b14-13+/t21-,22+,24?,25?,28-/m1/s1. The van der Waals surface area contributed by atoms with Crippen LogP contribution in [0.5, 0.6) is 0 Å². The smallest absolute Gasteiger partial charge is 0.332 e. The number of amides is 2. The average Bonchev–Trinajstić information content (AvgIpc) is 3.70. The normalized spacial score (nSPS) is 24.7. The van der Waals surface area contributed by atoms with Crippen molar-refractivity contribution in [2.24, 2.45) is 0 Å². The van der Waals surface area contributed by atoms with E-state index < -0.39 is 44.5 Å². The lowest BCUT2D eigenvalue weighted by Crippen LogP contribution is -2.31. The highest BCUT2D eigenvalue weighted by molar-refractivity contribution is 7.51. The van der Waals surface area contributed by atoms with Crippen LogP contribution in [0.3, 0.4) is 0 Å². The van der Waals surface area contributed by atoms with Crippen LogP contribution < -0.4 is 10.6 Å². The van der Waals surface area contributed by atoms with E-state index >= 15 is 0 Å². The maximum atomic E-state index is 12.9. The van der Waals surface area contributed by atoms with Crippen LogP contribution in [-0.4, -0.2) is 68.2 Å². The largest absolute Gasteiger partial charge is 0.347 e. The van der Waals surface area contributed by atoms with E-state index in [2.05, 4.69) is 25.6 Å². The number of nitrogens with one attached hydrogen (secondary N) is 2. The van der Waals surface area contributed by atoms with Gasteiger partial charge in [0.15, 0.2) is 29.5 Å². The summed E-state index contributed by atoms with van der Waals surface area (Å²) in [5.41, 5.74) is 2.42. The van der Waals surface area contributed by atoms with Crippen molar-refractivity contribution in [1.82, 2.24) is 24.8 Å². The lowest BCUT2D eigenvalue weighted by atomic mass is 10.1. The number of imidazole rings is 1. The van der Waals surface area contributed by atoms with E-state index in [0.29, 0.717) is 23.3 Å². The number of carbonyl (C=O) groups is 1. The topological polar surface area (TPSA) is 159 Å². The van der Waals surface area contributed by atoms with Gasteiger partial charge in [-0.25, -0.2) is 19.7 Å². The fraction of sp³-hybridized carbons (Fsp3) is 0.310. The molecule has 0 bridgehead atoms. The van der Waals surface area contributed by atoms with E-state index in [9.17, 15) is 14.3 Å². The van der Waals surface area contributed by atoms with E-state index in [0.717, 1.165) is 5.56 Å². The van der Waals surface area contributed by atoms with E-state index in [-0.39, 0.29) is 18.6 Å². The highest BCUT2D eigenvalue weighted by Crippen LogP contribution is 2.48. The molecule has 2 fully saturated rings. The zero-order valence-electron chi connectivity index (χ0n) is 23.2. The Kier molecular flexibility index (Phi) is 8.61. The number of carbonyl (C=O) groups excluding carboxylic acids is 1. The van der Waals surface area contributed by atoms with Gasteiger partial charge >= 0.3 is 13.6 Å². The SMILES string of the molecule is CCNC(=O)Nc1ncnc2c1ncn2[C@@H]1O[C@H](COP(=O)(O)Cc2ccccc2)C2O[C@H](/C=C/c3ccccc3)OC21. The lowest BCUT2D eigenvalue weighted by molar-refractivity contribution is -0.131. The Labute approximate surface area is 247 Å². The minimum Gasteiger partial charge on any atom is -0.347 e. The molecular weight excluding hydrogens is 575 g/mol.